The number of hydrogen-bond donors (Lipinski definition) is 1. The maximum Gasteiger partial charge on any atom is 0.254 e. The molecule has 1 saturated heterocycles. The quantitative estimate of drug-likeness (QED) is 0.762. The van der Waals surface area contributed by atoms with E-state index in [0.717, 1.165) is 6.26 Å². The van der Waals surface area contributed by atoms with E-state index in [2.05, 4.69) is 4.98 Å². The molecule has 1 aromatic rings. The van der Waals surface area contributed by atoms with Gasteiger partial charge in [-0.15, -0.1) is 0 Å². The summed E-state index contributed by atoms with van der Waals surface area (Å²) in [4.78, 5) is 27.3. The number of pyridine rings is 1. The number of carbonyl (C=O) groups is 1. The van der Waals surface area contributed by atoms with E-state index in [1.165, 1.54) is 22.6 Å². The lowest BCUT2D eigenvalue weighted by atomic mass is 10.2. The highest BCUT2D eigenvalue weighted by Crippen LogP contribution is 2.09. The molecule has 0 radical (unpaired) electrons. The zero-order chi connectivity index (χ0) is 14.0. The number of H-pyrrole nitrogens is 1. The van der Waals surface area contributed by atoms with Crippen molar-refractivity contribution in [3.8, 4) is 0 Å². The lowest BCUT2D eigenvalue weighted by molar-refractivity contribution is 0.0698. The van der Waals surface area contributed by atoms with Crippen LogP contribution < -0.4 is 5.56 Å². The molecule has 1 aliphatic rings. The lowest BCUT2D eigenvalue weighted by Gasteiger charge is -2.33. The Hall–Kier alpha value is -1.67. The molecular formula is C11H15N3O4S. The molecule has 1 fully saturated rings. The molecule has 0 bridgehead atoms. The third kappa shape index (κ3) is 3.21. The molecule has 2 rings (SSSR count). The molecular weight excluding hydrogens is 270 g/mol. The van der Waals surface area contributed by atoms with Crippen LogP contribution in [0, 0.1) is 0 Å². The minimum absolute atomic E-state index is 0.251. The molecule has 104 valence electrons. The zero-order valence-electron chi connectivity index (χ0n) is 10.5. The molecule has 8 heteroatoms. The van der Waals surface area contributed by atoms with Gasteiger partial charge in [-0.3, -0.25) is 9.59 Å². The lowest BCUT2D eigenvalue weighted by Crippen LogP contribution is -2.50. The van der Waals surface area contributed by atoms with Crippen LogP contribution in [0.3, 0.4) is 0 Å². The Bertz CT molecular complexity index is 629. The van der Waals surface area contributed by atoms with E-state index in [4.69, 9.17) is 0 Å². The molecule has 1 aromatic heterocycles. The van der Waals surface area contributed by atoms with Crippen molar-refractivity contribution >= 4 is 15.9 Å². The highest BCUT2D eigenvalue weighted by atomic mass is 32.2. The SMILES string of the molecule is CS(=O)(=O)N1CCN(C(=O)c2cc[nH]c(=O)c2)CC1. The first kappa shape index (κ1) is 13.8. The van der Waals surface area contributed by atoms with Crippen molar-refractivity contribution < 1.29 is 13.2 Å². The largest absolute Gasteiger partial charge is 0.336 e. The predicted octanol–water partition coefficient (Wildman–Crippen LogP) is -0.908. The Kier molecular flexibility index (Phi) is 3.72. The van der Waals surface area contributed by atoms with Gasteiger partial charge in [0.2, 0.25) is 15.6 Å². The number of carbonyl (C=O) groups excluding carboxylic acids is 1. The van der Waals surface area contributed by atoms with E-state index in [1.807, 2.05) is 0 Å². The Labute approximate surface area is 110 Å². The van der Waals surface area contributed by atoms with Gasteiger partial charge in [-0.25, -0.2) is 8.42 Å². The molecule has 2 heterocycles. The van der Waals surface area contributed by atoms with Gasteiger partial charge >= 0.3 is 0 Å². The Morgan fingerprint density at radius 3 is 2.42 bits per heavy atom. The van der Waals surface area contributed by atoms with Crippen LogP contribution in [0.25, 0.3) is 0 Å². The molecule has 0 atom stereocenters. The van der Waals surface area contributed by atoms with Crippen molar-refractivity contribution in [2.45, 2.75) is 0 Å². The van der Waals surface area contributed by atoms with Crippen LogP contribution in [-0.2, 0) is 10.0 Å². The van der Waals surface area contributed by atoms with Crippen molar-refractivity contribution in [1.82, 2.24) is 14.2 Å². The summed E-state index contributed by atoms with van der Waals surface area (Å²) >= 11 is 0. The van der Waals surface area contributed by atoms with Crippen molar-refractivity contribution in [1.29, 1.82) is 0 Å². The highest BCUT2D eigenvalue weighted by molar-refractivity contribution is 7.88. The summed E-state index contributed by atoms with van der Waals surface area (Å²) in [6.45, 7) is 1.24. The molecule has 0 aromatic carbocycles. The first-order chi connectivity index (χ1) is 8.88. The van der Waals surface area contributed by atoms with Crippen LogP contribution in [-0.4, -0.2) is 60.9 Å². The second-order valence-electron chi connectivity index (χ2n) is 4.40. The minimum Gasteiger partial charge on any atom is -0.336 e. The summed E-state index contributed by atoms with van der Waals surface area (Å²) in [6.07, 6.45) is 2.57. The number of aromatic amines is 1. The predicted molar refractivity (Wildman–Crippen MR) is 69.4 cm³/mol. The van der Waals surface area contributed by atoms with Gasteiger partial charge in [0.05, 0.1) is 6.26 Å². The van der Waals surface area contributed by atoms with Gasteiger partial charge in [0.25, 0.3) is 5.91 Å². The first-order valence-electron chi connectivity index (χ1n) is 5.81. The number of hydrogen-bond acceptors (Lipinski definition) is 4. The number of aromatic nitrogens is 1. The summed E-state index contributed by atoms with van der Waals surface area (Å²) in [5.74, 6) is -0.251. The fourth-order valence-corrected chi connectivity index (χ4v) is 2.81. The van der Waals surface area contributed by atoms with Gasteiger partial charge < -0.3 is 9.88 Å². The van der Waals surface area contributed by atoms with Crippen LogP contribution >= 0.6 is 0 Å². The van der Waals surface area contributed by atoms with Crippen molar-refractivity contribution in [2.75, 3.05) is 32.4 Å². The molecule has 0 unspecified atom stereocenters. The summed E-state index contributed by atoms with van der Waals surface area (Å²) in [7, 11) is -3.21. The van der Waals surface area contributed by atoms with Crippen molar-refractivity contribution in [2.24, 2.45) is 0 Å². The summed E-state index contributed by atoms with van der Waals surface area (Å²) in [6, 6.07) is 2.78. The van der Waals surface area contributed by atoms with Crippen LogP contribution in [0.2, 0.25) is 0 Å². The summed E-state index contributed by atoms with van der Waals surface area (Å²) in [5, 5.41) is 0. The van der Waals surface area contributed by atoms with E-state index in [9.17, 15) is 18.0 Å². The molecule has 1 amide bonds. The minimum atomic E-state index is -3.21. The van der Waals surface area contributed by atoms with E-state index in [0.29, 0.717) is 18.7 Å². The van der Waals surface area contributed by atoms with Crippen molar-refractivity contribution in [3.63, 3.8) is 0 Å². The Balaban J connectivity index is 2.06. The van der Waals surface area contributed by atoms with Crippen LogP contribution in [0.15, 0.2) is 23.1 Å². The van der Waals surface area contributed by atoms with Crippen molar-refractivity contribution in [3.05, 3.63) is 34.2 Å². The standard InChI is InChI=1S/C11H15N3O4S/c1-19(17,18)14-6-4-13(5-7-14)11(16)9-2-3-12-10(15)8-9/h2-3,8H,4-7H2,1H3,(H,12,15). The average molecular weight is 285 g/mol. The number of amides is 1. The second-order valence-corrected chi connectivity index (χ2v) is 6.38. The van der Waals surface area contributed by atoms with Crippen LogP contribution in [0.1, 0.15) is 10.4 Å². The molecule has 19 heavy (non-hydrogen) atoms. The van der Waals surface area contributed by atoms with Gasteiger partial charge in [-0.1, -0.05) is 0 Å². The average Bonchev–Trinajstić information content (AvgIpc) is 2.37. The maximum absolute atomic E-state index is 12.1. The zero-order valence-corrected chi connectivity index (χ0v) is 11.3. The second kappa shape index (κ2) is 5.14. The van der Waals surface area contributed by atoms with Crippen LogP contribution in [0.4, 0.5) is 0 Å². The molecule has 0 saturated carbocycles. The first-order valence-corrected chi connectivity index (χ1v) is 7.66. The number of nitrogens with zero attached hydrogens (tertiary/aromatic N) is 2. The maximum atomic E-state index is 12.1. The molecule has 0 spiro atoms. The topological polar surface area (TPSA) is 90.6 Å². The highest BCUT2D eigenvalue weighted by Gasteiger charge is 2.26. The monoisotopic (exact) mass is 285 g/mol. The number of sulfonamides is 1. The molecule has 0 aliphatic carbocycles. The fraction of sp³-hybridized carbons (Fsp3) is 0.455. The van der Waals surface area contributed by atoms with E-state index in [-0.39, 0.29) is 24.6 Å². The molecule has 1 N–H and O–H groups in total. The summed E-state index contributed by atoms with van der Waals surface area (Å²) < 4.78 is 24.1. The third-order valence-corrected chi connectivity index (χ3v) is 4.32. The van der Waals surface area contributed by atoms with E-state index >= 15 is 0 Å². The van der Waals surface area contributed by atoms with Gasteiger partial charge in [-0.2, -0.15) is 4.31 Å². The van der Waals surface area contributed by atoms with Gasteiger partial charge in [-0.05, 0) is 6.07 Å². The van der Waals surface area contributed by atoms with E-state index in [1.54, 1.807) is 4.90 Å². The number of piperazine rings is 1. The normalized spacial score (nSPS) is 17.4. The van der Waals surface area contributed by atoms with Gasteiger partial charge in [0, 0.05) is 44.0 Å². The molecule has 7 nitrogen and oxygen atoms in total. The smallest absolute Gasteiger partial charge is 0.254 e. The number of nitrogens with one attached hydrogen (secondary N) is 1. The van der Waals surface area contributed by atoms with Gasteiger partial charge in [0.15, 0.2) is 0 Å². The molecule has 1 aliphatic heterocycles. The van der Waals surface area contributed by atoms with Gasteiger partial charge in [0.1, 0.15) is 0 Å². The fourth-order valence-electron chi connectivity index (χ4n) is 1.98. The number of rotatable bonds is 2. The van der Waals surface area contributed by atoms with E-state index < -0.39 is 10.0 Å². The Morgan fingerprint density at radius 1 is 1.26 bits per heavy atom. The third-order valence-electron chi connectivity index (χ3n) is 3.02. The van der Waals surface area contributed by atoms with Crippen LogP contribution in [0.5, 0.6) is 0 Å². The Morgan fingerprint density at radius 2 is 1.89 bits per heavy atom. The summed E-state index contributed by atoms with van der Waals surface area (Å²) in [5.41, 5.74) is -0.0165.